The van der Waals surface area contributed by atoms with E-state index >= 15 is 0 Å². The van der Waals surface area contributed by atoms with Crippen molar-refractivity contribution in [3.63, 3.8) is 0 Å². The van der Waals surface area contributed by atoms with Gasteiger partial charge in [0, 0.05) is 0 Å². The molecule has 7 rings (SSSR count). The molecule has 1 fully saturated rings. The van der Waals surface area contributed by atoms with E-state index in [0.29, 0.717) is 39.6 Å². The van der Waals surface area contributed by atoms with Gasteiger partial charge in [0.25, 0.3) is 0 Å². The Balaban J connectivity index is 1.30. The molecule has 1 heterocycles. The molecule has 6 nitrogen and oxygen atoms in total. The van der Waals surface area contributed by atoms with Crippen molar-refractivity contribution in [3.05, 3.63) is 227 Å². The topological polar surface area (TPSA) is 55.4 Å². The minimum absolute atomic E-state index is 0.285. The lowest BCUT2D eigenvalue weighted by atomic mass is 9.87. The van der Waals surface area contributed by atoms with Gasteiger partial charge in [-0.25, -0.2) is 0 Å². The molecular weight excluding hydrogens is 733 g/mol. The van der Waals surface area contributed by atoms with E-state index in [0.717, 1.165) is 46.2 Å². The van der Waals surface area contributed by atoms with Gasteiger partial charge in [-0.1, -0.05) is 177 Å². The first-order chi connectivity index (χ1) is 29.2. The monoisotopic (exact) mass is 788 g/mol. The SMILES string of the molecule is C=CCOCc1ccc(Cc2ccc(CC)cc2)cc1[C@@H]1O[C@H](COCc2ccccc2)[C@@H](OCc2ccccc2)[C@H](OCc2ccccc2)[C@H]1OCc1ccccc1. The van der Waals surface area contributed by atoms with Crippen LogP contribution in [0.4, 0.5) is 0 Å². The van der Waals surface area contributed by atoms with Gasteiger partial charge in [0.15, 0.2) is 0 Å². The molecule has 6 aromatic carbocycles. The van der Waals surface area contributed by atoms with Crippen LogP contribution in [-0.2, 0) is 74.3 Å². The third-order valence-corrected chi connectivity index (χ3v) is 10.7. The van der Waals surface area contributed by atoms with Gasteiger partial charge >= 0.3 is 0 Å². The highest BCUT2D eigenvalue weighted by Crippen LogP contribution is 2.40. The lowest BCUT2D eigenvalue weighted by Crippen LogP contribution is -2.58. The summed E-state index contributed by atoms with van der Waals surface area (Å²) in [7, 11) is 0. The summed E-state index contributed by atoms with van der Waals surface area (Å²) in [6, 6.07) is 56.5. The Morgan fingerprint density at radius 2 is 0.983 bits per heavy atom. The molecule has 0 radical (unpaired) electrons. The highest BCUT2D eigenvalue weighted by Gasteiger charge is 2.49. The first kappa shape index (κ1) is 42.0. The van der Waals surface area contributed by atoms with Gasteiger partial charge < -0.3 is 28.4 Å². The molecule has 0 bridgehead atoms. The summed E-state index contributed by atoms with van der Waals surface area (Å²) in [6.45, 7) is 8.72. The summed E-state index contributed by atoms with van der Waals surface area (Å²) >= 11 is 0. The Kier molecular flexibility index (Phi) is 15.8. The molecule has 1 aliphatic heterocycles. The quantitative estimate of drug-likeness (QED) is 0.0535. The molecule has 59 heavy (non-hydrogen) atoms. The van der Waals surface area contributed by atoms with E-state index in [1.165, 1.54) is 16.7 Å². The molecule has 0 amide bonds. The molecule has 6 heteroatoms. The summed E-state index contributed by atoms with van der Waals surface area (Å²) in [5.74, 6) is 0. The number of benzene rings is 6. The highest BCUT2D eigenvalue weighted by atomic mass is 16.6. The van der Waals surface area contributed by atoms with Crippen LogP contribution in [0.15, 0.2) is 176 Å². The Morgan fingerprint density at radius 3 is 1.53 bits per heavy atom. The Morgan fingerprint density at radius 1 is 0.492 bits per heavy atom. The number of hydrogen-bond donors (Lipinski definition) is 0. The predicted octanol–water partition coefficient (Wildman–Crippen LogP) is 11.0. The molecule has 0 aliphatic carbocycles. The van der Waals surface area contributed by atoms with Gasteiger partial charge in [-0.3, -0.25) is 0 Å². The van der Waals surface area contributed by atoms with Crippen LogP contribution in [0.25, 0.3) is 0 Å². The van der Waals surface area contributed by atoms with Crippen molar-refractivity contribution in [3.8, 4) is 0 Å². The molecule has 0 N–H and O–H groups in total. The summed E-state index contributed by atoms with van der Waals surface area (Å²) < 4.78 is 41.1. The zero-order valence-electron chi connectivity index (χ0n) is 34.1. The number of ether oxygens (including phenoxy) is 6. The van der Waals surface area contributed by atoms with Gasteiger partial charge in [0.05, 0.1) is 46.2 Å². The summed E-state index contributed by atoms with van der Waals surface area (Å²) in [6.07, 6.45) is 0.858. The van der Waals surface area contributed by atoms with Crippen molar-refractivity contribution in [2.75, 3.05) is 13.2 Å². The van der Waals surface area contributed by atoms with E-state index in [1.54, 1.807) is 6.08 Å². The first-order valence-corrected chi connectivity index (χ1v) is 20.8. The van der Waals surface area contributed by atoms with E-state index in [-0.39, 0.29) is 6.61 Å². The van der Waals surface area contributed by atoms with Crippen LogP contribution in [-0.4, -0.2) is 37.6 Å². The van der Waals surface area contributed by atoms with Crippen molar-refractivity contribution in [2.24, 2.45) is 0 Å². The zero-order valence-corrected chi connectivity index (χ0v) is 34.1. The fourth-order valence-corrected chi connectivity index (χ4v) is 7.57. The fourth-order valence-electron chi connectivity index (χ4n) is 7.57. The van der Waals surface area contributed by atoms with Crippen molar-refractivity contribution >= 4 is 0 Å². The lowest BCUT2D eigenvalue weighted by molar-refractivity contribution is -0.275. The van der Waals surface area contributed by atoms with E-state index in [1.807, 2.05) is 72.8 Å². The normalized spacial score (nSPS) is 19.0. The molecular formula is C53H56O6. The van der Waals surface area contributed by atoms with Crippen LogP contribution in [0.5, 0.6) is 0 Å². The Bertz CT molecular complexity index is 2110. The minimum atomic E-state index is -0.567. The number of hydrogen-bond acceptors (Lipinski definition) is 6. The average Bonchev–Trinajstić information content (AvgIpc) is 3.29. The van der Waals surface area contributed by atoms with Gasteiger partial charge in [-0.2, -0.15) is 0 Å². The molecule has 0 spiro atoms. The van der Waals surface area contributed by atoms with Crippen LogP contribution < -0.4 is 0 Å². The Hall–Kier alpha value is -5.18. The summed E-state index contributed by atoms with van der Waals surface area (Å²) in [5, 5.41) is 0. The Labute approximate surface area is 350 Å². The van der Waals surface area contributed by atoms with E-state index in [4.69, 9.17) is 28.4 Å². The number of rotatable bonds is 21. The first-order valence-electron chi connectivity index (χ1n) is 20.8. The van der Waals surface area contributed by atoms with Crippen molar-refractivity contribution in [1.82, 2.24) is 0 Å². The second-order valence-electron chi connectivity index (χ2n) is 15.1. The highest BCUT2D eigenvalue weighted by molar-refractivity contribution is 5.38. The molecule has 1 saturated heterocycles. The van der Waals surface area contributed by atoms with Crippen LogP contribution in [0.3, 0.4) is 0 Å². The van der Waals surface area contributed by atoms with Gasteiger partial charge in [-0.15, -0.1) is 6.58 Å². The zero-order chi connectivity index (χ0) is 40.5. The second kappa shape index (κ2) is 22.3. The molecule has 0 aromatic heterocycles. The van der Waals surface area contributed by atoms with E-state index < -0.39 is 30.5 Å². The van der Waals surface area contributed by atoms with Crippen LogP contribution in [0, 0.1) is 0 Å². The molecule has 6 aromatic rings. The maximum absolute atomic E-state index is 7.35. The maximum Gasteiger partial charge on any atom is 0.117 e. The average molecular weight is 789 g/mol. The van der Waals surface area contributed by atoms with Crippen LogP contribution >= 0.6 is 0 Å². The minimum Gasteiger partial charge on any atom is -0.374 e. The molecule has 1 aliphatic rings. The van der Waals surface area contributed by atoms with Crippen LogP contribution in [0.2, 0.25) is 0 Å². The van der Waals surface area contributed by atoms with Gasteiger partial charge in [0.2, 0.25) is 0 Å². The second-order valence-corrected chi connectivity index (χ2v) is 15.1. The molecule has 0 unspecified atom stereocenters. The fraction of sp³-hybridized carbons (Fsp3) is 0.283. The predicted molar refractivity (Wildman–Crippen MR) is 234 cm³/mol. The maximum atomic E-state index is 7.35. The third kappa shape index (κ3) is 12.2. The van der Waals surface area contributed by atoms with Gasteiger partial charge in [0.1, 0.15) is 30.5 Å². The molecule has 5 atom stereocenters. The summed E-state index contributed by atoms with van der Waals surface area (Å²) in [5.41, 5.74) is 10.0. The largest absolute Gasteiger partial charge is 0.374 e. The lowest BCUT2D eigenvalue weighted by Gasteiger charge is -2.47. The molecule has 0 saturated carbocycles. The van der Waals surface area contributed by atoms with Crippen LogP contribution in [0.1, 0.15) is 63.1 Å². The van der Waals surface area contributed by atoms with E-state index in [9.17, 15) is 0 Å². The van der Waals surface area contributed by atoms with E-state index in [2.05, 4.69) is 104 Å². The van der Waals surface area contributed by atoms with Crippen molar-refractivity contribution in [1.29, 1.82) is 0 Å². The van der Waals surface area contributed by atoms with Crippen molar-refractivity contribution in [2.45, 2.75) is 83.3 Å². The standard InChI is InChI=1S/C53H56O6/c1-3-31-54-38-47-30-29-46(32-41-27-25-40(4-2)26-28-41)33-48(47)50-52(57-36-44-21-13-7-14-22-44)53(58-37-45-23-15-8-16-24-45)51(56-35-43-19-11-6-12-20-43)49(59-50)39-55-34-42-17-9-5-10-18-42/h3,5-30,33,49-53H,1,4,31-32,34-39H2,2H3/t49-,50+,51-,52+,53+/m1/s1. The van der Waals surface area contributed by atoms with Crippen molar-refractivity contribution < 1.29 is 28.4 Å². The molecule has 304 valence electrons. The third-order valence-electron chi connectivity index (χ3n) is 10.7. The smallest absolute Gasteiger partial charge is 0.117 e. The number of aryl methyl sites for hydroxylation is 1. The van der Waals surface area contributed by atoms with Gasteiger partial charge in [-0.05, 0) is 62.9 Å². The summed E-state index contributed by atoms with van der Waals surface area (Å²) in [4.78, 5) is 0.